The summed E-state index contributed by atoms with van der Waals surface area (Å²) in [5, 5.41) is 8.61. The lowest BCUT2D eigenvalue weighted by Gasteiger charge is -2.25. The normalized spacial score (nSPS) is 11.0. The third kappa shape index (κ3) is 6.07. The van der Waals surface area contributed by atoms with Gasteiger partial charge >= 0.3 is 5.97 Å². The Morgan fingerprint density at radius 1 is 1.38 bits per heavy atom. The van der Waals surface area contributed by atoms with Crippen molar-refractivity contribution in [3.63, 3.8) is 0 Å². The number of carbonyl (C=O) groups excluding carboxylic acids is 1. The SMILES string of the molecule is CC(C)CN(CC(N)=O)c1cc(F)cc(/C=C/C(=O)O)c1. The number of carbonyl (C=O) groups is 2. The Hall–Kier alpha value is -2.37. The first-order valence-corrected chi connectivity index (χ1v) is 6.52. The molecule has 0 atom stereocenters. The molecule has 5 nitrogen and oxygen atoms in total. The van der Waals surface area contributed by atoms with E-state index in [9.17, 15) is 14.0 Å². The second-order valence-electron chi connectivity index (χ2n) is 5.16. The van der Waals surface area contributed by atoms with Gasteiger partial charge in [-0.2, -0.15) is 0 Å². The van der Waals surface area contributed by atoms with E-state index in [1.165, 1.54) is 18.2 Å². The molecule has 1 aromatic carbocycles. The minimum atomic E-state index is -1.11. The average Bonchev–Trinajstić information content (AvgIpc) is 2.33. The van der Waals surface area contributed by atoms with Gasteiger partial charge < -0.3 is 15.7 Å². The Kier molecular flexibility index (Phi) is 5.90. The zero-order valence-corrected chi connectivity index (χ0v) is 12.0. The summed E-state index contributed by atoms with van der Waals surface area (Å²) in [5.41, 5.74) is 6.12. The van der Waals surface area contributed by atoms with Crippen LogP contribution in [0.15, 0.2) is 24.3 Å². The number of anilines is 1. The number of nitrogens with two attached hydrogens (primary N) is 1. The zero-order valence-electron chi connectivity index (χ0n) is 12.0. The number of rotatable bonds is 7. The van der Waals surface area contributed by atoms with Gasteiger partial charge in [0.25, 0.3) is 0 Å². The Balaban J connectivity index is 3.12. The molecule has 0 aromatic heterocycles. The van der Waals surface area contributed by atoms with E-state index in [-0.39, 0.29) is 12.5 Å². The number of hydrogen-bond donors (Lipinski definition) is 2. The van der Waals surface area contributed by atoms with E-state index in [4.69, 9.17) is 10.8 Å². The maximum atomic E-state index is 13.7. The monoisotopic (exact) mass is 294 g/mol. The third-order valence-electron chi connectivity index (χ3n) is 2.62. The largest absolute Gasteiger partial charge is 0.478 e. The predicted octanol–water partition coefficient (Wildman–Crippen LogP) is 1.87. The van der Waals surface area contributed by atoms with E-state index >= 15 is 0 Å². The number of nitrogens with zero attached hydrogens (tertiary/aromatic N) is 1. The summed E-state index contributed by atoms with van der Waals surface area (Å²) in [6.45, 7) is 4.45. The molecule has 0 aliphatic heterocycles. The summed E-state index contributed by atoms with van der Waals surface area (Å²) in [5.74, 6) is -1.87. The van der Waals surface area contributed by atoms with Crippen molar-refractivity contribution >= 4 is 23.6 Å². The smallest absolute Gasteiger partial charge is 0.328 e. The number of carboxylic acids is 1. The van der Waals surface area contributed by atoms with Crippen LogP contribution in [0, 0.1) is 11.7 Å². The van der Waals surface area contributed by atoms with Crippen molar-refractivity contribution in [3.05, 3.63) is 35.7 Å². The molecular formula is C15H19FN2O3. The van der Waals surface area contributed by atoms with E-state index in [2.05, 4.69) is 0 Å². The number of amides is 1. The fourth-order valence-corrected chi connectivity index (χ4v) is 1.93. The molecular weight excluding hydrogens is 275 g/mol. The van der Waals surface area contributed by atoms with Crippen LogP contribution in [0.5, 0.6) is 0 Å². The lowest BCUT2D eigenvalue weighted by atomic mass is 10.1. The van der Waals surface area contributed by atoms with Crippen LogP contribution >= 0.6 is 0 Å². The number of carboxylic acid groups (broad SMARTS) is 1. The minimum absolute atomic E-state index is 0.0241. The summed E-state index contributed by atoms with van der Waals surface area (Å²) in [7, 11) is 0. The van der Waals surface area contributed by atoms with Crippen molar-refractivity contribution in [1.82, 2.24) is 0 Å². The third-order valence-corrected chi connectivity index (χ3v) is 2.62. The van der Waals surface area contributed by atoms with Gasteiger partial charge in [0, 0.05) is 18.3 Å². The molecule has 3 N–H and O–H groups in total. The molecule has 0 saturated heterocycles. The quantitative estimate of drug-likeness (QED) is 0.752. The first kappa shape index (κ1) is 16.7. The van der Waals surface area contributed by atoms with E-state index in [0.717, 1.165) is 6.08 Å². The van der Waals surface area contributed by atoms with Crippen LogP contribution in [0.2, 0.25) is 0 Å². The molecule has 0 aliphatic rings. The summed E-state index contributed by atoms with van der Waals surface area (Å²) in [6.07, 6.45) is 2.23. The summed E-state index contributed by atoms with van der Waals surface area (Å²) >= 11 is 0. The molecule has 1 amide bonds. The second kappa shape index (κ2) is 7.42. The molecule has 0 heterocycles. The highest BCUT2D eigenvalue weighted by Gasteiger charge is 2.13. The van der Waals surface area contributed by atoms with E-state index in [1.807, 2.05) is 13.8 Å². The number of halogens is 1. The fraction of sp³-hybridized carbons (Fsp3) is 0.333. The van der Waals surface area contributed by atoms with Gasteiger partial charge in [-0.05, 0) is 35.8 Å². The van der Waals surface area contributed by atoms with Crippen LogP contribution in [-0.2, 0) is 9.59 Å². The summed E-state index contributed by atoms with van der Waals surface area (Å²) < 4.78 is 13.7. The van der Waals surface area contributed by atoms with Crippen LogP contribution in [0.1, 0.15) is 19.4 Å². The van der Waals surface area contributed by atoms with Gasteiger partial charge in [0.2, 0.25) is 5.91 Å². The summed E-state index contributed by atoms with van der Waals surface area (Å²) in [4.78, 5) is 23.3. The average molecular weight is 294 g/mol. The van der Waals surface area contributed by atoms with E-state index in [1.54, 1.807) is 11.0 Å². The first-order chi connectivity index (χ1) is 9.77. The van der Waals surface area contributed by atoms with Gasteiger partial charge in [-0.1, -0.05) is 13.8 Å². The van der Waals surface area contributed by atoms with E-state index < -0.39 is 17.7 Å². The number of hydrogen-bond acceptors (Lipinski definition) is 3. The van der Waals surface area contributed by atoms with Crippen LogP contribution in [0.4, 0.5) is 10.1 Å². The minimum Gasteiger partial charge on any atom is -0.478 e. The van der Waals surface area contributed by atoms with Crippen LogP contribution in [-0.4, -0.2) is 30.1 Å². The van der Waals surface area contributed by atoms with Crippen LogP contribution in [0.25, 0.3) is 6.08 Å². The number of primary amides is 1. The van der Waals surface area contributed by atoms with Crippen molar-refractivity contribution in [2.24, 2.45) is 11.7 Å². The molecule has 1 rings (SSSR count). The molecule has 0 unspecified atom stereocenters. The molecule has 0 aliphatic carbocycles. The number of benzene rings is 1. The molecule has 0 radical (unpaired) electrons. The van der Waals surface area contributed by atoms with Crippen LogP contribution in [0.3, 0.4) is 0 Å². The second-order valence-corrected chi connectivity index (χ2v) is 5.16. The van der Waals surface area contributed by atoms with Gasteiger partial charge in [0.05, 0.1) is 6.54 Å². The summed E-state index contributed by atoms with van der Waals surface area (Å²) in [6, 6.07) is 4.14. The van der Waals surface area contributed by atoms with Gasteiger partial charge in [0.1, 0.15) is 5.82 Å². The molecule has 0 saturated carbocycles. The molecule has 0 bridgehead atoms. The Morgan fingerprint density at radius 3 is 2.57 bits per heavy atom. The highest BCUT2D eigenvalue weighted by Crippen LogP contribution is 2.20. The fourth-order valence-electron chi connectivity index (χ4n) is 1.93. The molecule has 0 fully saturated rings. The molecule has 114 valence electrons. The van der Waals surface area contributed by atoms with Crippen molar-refractivity contribution in [1.29, 1.82) is 0 Å². The maximum Gasteiger partial charge on any atom is 0.328 e. The lowest BCUT2D eigenvalue weighted by molar-refractivity contribution is -0.131. The van der Waals surface area contributed by atoms with Crippen molar-refractivity contribution < 1.29 is 19.1 Å². The van der Waals surface area contributed by atoms with Gasteiger partial charge in [0.15, 0.2) is 0 Å². The van der Waals surface area contributed by atoms with E-state index in [0.29, 0.717) is 17.8 Å². The Bertz CT molecular complexity index is 556. The highest BCUT2D eigenvalue weighted by molar-refractivity contribution is 5.85. The first-order valence-electron chi connectivity index (χ1n) is 6.52. The van der Waals surface area contributed by atoms with Crippen LogP contribution < -0.4 is 10.6 Å². The van der Waals surface area contributed by atoms with Gasteiger partial charge in [-0.25, -0.2) is 9.18 Å². The topological polar surface area (TPSA) is 83.6 Å². The Morgan fingerprint density at radius 2 is 2.05 bits per heavy atom. The molecule has 0 spiro atoms. The standard InChI is InChI=1S/C15H19FN2O3/c1-10(2)8-18(9-14(17)19)13-6-11(3-4-15(20)21)5-12(16)7-13/h3-7,10H,8-9H2,1-2H3,(H2,17,19)(H,20,21)/b4-3+. The zero-order chi connectivity index (χ0) is 16.0. The predicted molar refractivity (Wildman–Crippen MR) is 79.3 cm³/mol. The van der Waals surface area contributed by atoms with Gasteiger partial charge in [-0.15, -0.1) is 0 Å². The maximum absolute atomic E-state index is 13.7. The van der Waals surface area contributed by atoms with Crippen molar-refractivity contribution in [2.75, 3.05) is 18.0 Å². The molecule has 6 heteroatoms. The molecule has 21 heavy (non-hydrogen) atoms. The Labute approximate surface area is 122 Å². The van der Waals surface area contributed by atoms with Crippen molar-refractivity contribution in [3.8, 4) is 0 Å². The number of aliphatic carboxylic acids is 1. The van der Waals surface area contributed by atoms with Crippen molar-refractivity contribution in [2.45, 2.75) is 13.8 Å². The highest BCUT2D eigenvalue weighted by atomic mass is 19.1. The lowest BCUT2D eigenvalue weighted by Crippen LogP contribution is -2.36. The van der Waals surface area contributed by atoms with Gasteiger partial charge in [-0.3, -0.25) is 4.79 Å². The molecule has 1 aromatic rings.